The maximum atomic E-state index is 13.8. The lowest BCUT2D eigenvalue weighted by atomic mass is 10.0. The predicted molar refractivity (Wildman–Crippen MR) is 221 cm³/mol. The van der Waals surface area contributed by atoms with Crippen molar-refractivity contribution < 1.29 is 38.1 Å². The number of hydrogen-bond acceptors (Lipinski definition) is 10. The second kappa shape index (κ2) is 16.3. The molecule has 4 heterocycles. The van der Waals surface area contributed by atoms with Crippen LogP contribution in [0.15, 0.2) is 95.2 Å². The van der Waals surface area contributed by atoms with E-state index in [9.17, 15) is 14.4 Å². The maximum Gasteiger partial charge on any atom is 0.260 e. The third-order valence-electron chi connectivity index (χ3n) is 10.6. The van der Waals surface area contributed by atoms with Gasteiger partial charge in [0.25, 0.3) is 11.8 Å². The summed E-state index contributed by atoms with van der Waals surface area (Å²) in [4.78, 5) is 52.2. The molecule has 4 aliphatic rings. The van der Waals surface area contributed by atoms with Crippen molar-refractivity contribution in [1.82, 2.24) is 9.80 Å². The van der Waals surface area contributed by atoms with Gasteiger partial charge in [-0.3, -0.25) is 24.4 Å². The van der Waals surface area contributed by atoms with Crippen LogP contribution >= 0.6 is 0 Å². The molecule has 0 radical (unpaired) electrons. The van der Waals surface area contributed by atoms with Gasteiger partial charge in [0.15, 0.2) is 23.0 Å². The van der Waals surface area contributed by atoms with Crippen LogP contribution in [-0.2, 0) is 4.79 Å². The third kappa shape index (κ3) is 7.50. The number of carbonyl (C=O) groups excluding carboxylic acids is 3. The van der Waals surface area contributed by atoms with E-state index in [0.717, 1.165) is 33.7 Å². The van der Waals surface area contributed by atoms with Gasteiger partial charge in [-0.1, -0.05) is 31.2 Å². The molecule has 1 N–H and O–H groups in total. The van der Waals surface area contributed by atoms with Crippen LogP contribution in [0.2, 0.25) is 0 Å². The zero-order chi connectivity index (χ0) is 40.3. The predicted octanol–water partition coefficient (Wildman–Crippen LogP) is 7.85. The molecule has 3 amide bonds. The average molecular weight is 782 g/mol. The summed E-state index contributed by atoms with van der Waals surface area (Å²) in [6.07, 6.45) is 9.52. The summed E-state index contributed by atoms with van der Waals surface area (Å²) >= 11 is 0. The number of methoxy groups -OCH3 is 3. The number of carbonyl (C=O) groups is 3. The van der Waals surface area contributed by atoms with Gasteiger partial charge in [0, 0.05) is 68.3 Å². The van der Waals surface area contributed by atoms with Crippen molar-refractivity contribution in [1.29, 1.82) is 0 Å². The van der Waals surface area contributed by atoms with Gasteiger partial charge in [0.05, 0.1) is 69.1 Å². The Balaban J connectivity index is 0.894. The molecule has 4 aliphatic heterocycles. The Morgan fingerprint density at radius 2 is 1.16 bits per heavy atom. The molecule has 0 fully saturated rings. The van der Waals surface area contributed by atoms with E-state index in [-0.39, 0.29) is 36.4 Å². The molecule has 8 rings (SSSR count). The van der Waals surface area contributed by atoms with Crippen molar-refractivity contribution in [2.75, 3.05) is 39.9 Å². The fraction of sp³-hybridized carbons (Fsp3) is 0.267. The molecule has 4 aromatic carbocycles. The highest BCUT2D eigenvalue weighted by Crippen LogP contribution is 2.42. The Morgan fingerprint density at radius 1 is 0.672 bits per heavy atom. The zero-order valence-corrected chi connectivity index (χ0v) is 32.7. The summed E-state index contributed by atoms with van der Waals surface area (Å²) in [5, 5.41) is 2.86. The van der Waals surface area contributed by atoms with Gasteiger partial charge in [-0.2, -0.15) is 0 Å². The molecular formula is C45H43N5O8. The average Bonchev–Trinajstić information content (AvgIpc) is 3.83. The molecule has 0 saturated carbocycles. The van der Waals surface area contributed by atoms with Crippen LogP contribution in [0.3, 0.4) is 0 Å². The summed E-state index contributed by atoms with van der Waals surface area (Å²) in [7, 11) is 4.70. The highest BCUT2D eigenvalue weighted by Gasteiger charge is 2.35. The third-order valence-corrected chi connectivity index (χ3v) is 10.6. The van der Waals surface area contributed by atoms with Gasteiger partial charge in [0.1, 0.15) is 5.75 Å². The van der Waals surface area contributed by atoms with Crippen LogP contribution in [-0.4, -0.2) is 86.6 Å². The smallest absolute Gasteiger partial charge is 0.260 e. The van der Waals surface area contributed by atoms with E-state index in [2.05, 4.69) is 5.32 Å². The Labute approximate surface area is 336 Å². The first kappa shape index (κ1) is 38.0. The highest BCUT2D eigenvalue weighted by molar-refractivity contribution is 6.06. The minimum Gasteiger partial charge on any atom is -0.497 e. The SMILES string of the molecule is CCC(=O)Nc1ccc(C2=CN3C(=O)c4cc(OC)c(OCCCOc5cc6c(cc5OC)C(=O)N5C=C(c7ccc(OC)cc7)C[C@H]5C=N6)cc4N=C[C@@H]3C2)cc1. The zero-order valence-electron chi connectivity index (χ0n) is 32.7. The van der Waals surface area contributed by atoms with Gasteiger partial charge in [-0.05, 0) is 58.7 Å². The van der Waals surface area contributed by atoms with Crippen LogP contribution in [0.1, 0.15) is 64.4 Å². The Bertz CT molecular complexity index is 2390. The van der Waals surface area contributed by atoms with Gasteiger partial charge in [0.2, 0.25) is 5.91 Å². The molecule has 0 unspecified atom stereocenters. The Hall–Kier alpha value is -6.89. The molecule has 2 atom stereocenters. The van der Waals surface area contributed by atoms with E-state index >= 15 is 0 Å². The Morgan fingerprint density at radius 3 is 1.60 bits per heavy atom. The minimum absolute atomic E-state index is 0.0477. The second-order valence-corrected chi connectivity index (χ2v) is 14.1. The van der Waals surface area contributed by atoms with Crippen molar-refractivity contribution in [3.63, 3.8) is 0 Å². The number of aliphatic imine (C=N–C) groups is 2. The molecular weight excluding hydrogens is 739 g/mol. The van der Waals surface area contributed by atoms with E-state index in [1.807, 2.05) is 74.1 Å². The van der Waals surface area contributed by atoms with Crippen LogP contribution in [0.5, 0.6) is 28.7 Å². The van der Waals surface area contributed by atoms with Crippen molar-refractivity contribution in [3.05, 3.63) is 107 Å². The highest BCUT2D eigenvalue weighted by atomic mass is 16.5. The topological polar surface area (TPSA) is 141 Å². The monoisotopic (exact) mass is 781 g/mol. The van der Waals surface area contributed by atoms with E-state index in [0.29, 0.717) is 77.8 Å². The number of rotatable bonds is 13. The van der Waals surface area contributed by atoms with E-state index in [1.165, 1.54) is 14.2 Å². The van der Waals surface area contributed by atoms with Crippen LogP contribution < -0.4 is 29.0 Å². The fourth-order valence-electron chi connectivity index (χ4n) is 7.39. The first-order valence-electron chi connectivity index (χ1n) is 19.2. The largest absolute Gasteiger partial charge is 0.497 e. The van der Waals surface area contributed by atoms with Crippen LogP contribution in [0, 0.1) is 0 Å². The molecule has 0 aromatic heterocycles. The molecule has 4 aromatic rings. The lowest BCUT2D eigenvalue weighted by Crippen LogP contribution is -2.32. The molecule has 13 heteroatoms. The van der Waals surface area contributed by atoms with Gasteiger partial charge >= 0.3 is 0 Å². The first-order valence-corrected chi connectivity index (χ1v) is 19.2. The summed E-state index contributed by atoms with van der Waals surface area (Å²) in [5.41, 5.74) is 6.61. The number of amides is 3. The normalized spacial score (nSPS) is 17.6. The number of nitrogens with one attached hydrogen (secondary N) is 1. The molecule has 296 valence electrons. The van der Waals surface area contributed by atoms with Gasteiger partial charge < -0.3 is 38.8 Å². The molecule has 58 heavy (non-hydrogen) atoms. The number of nitrogens with zero attached hydrogens (tertiary/aromatic N) is 4. The quantitative estimate of drug-likeness (QED) is 0.135. The summed E-state index contributed by atoms with van der Waals surface area (Å²) in [5.74, 6) is 2.14. The van der Waals surface area contributed by atoms with Gasteiger partial charge in [-0.15, -0.1) is 0 Å². The van der Waals surface area contributed by atoms with E-state index in [4.69, 9.17) is 33.7 Å². The lowest BCUT2D eigenvalue weighted by molar-refractivity contribution is -0.115. The van der Waals surface area contributed by atoms with E-state index < -0.39 is 0 Å². The molecule has 0 saturated heterocycles. The lowest BCUT2D eigenvalue weighted by Gasteiger charge is -2.19. The standard InChI is InChI=1S/C45H43N5O8/c1-5-43(51)48-31-11-7-27(8-12-31)29-17-32-23-46-37-21-41(39(55-3)19-35(37)44(52)49(32)25-29)57-15-6-16-58-42-22-38-36(20-40(42)56-4)45(53)50-26-30(18-33(50)24-47-38)28-9-13-34(54-2)14-10-28/h7-14,19-26,32-33H,5-6,15-18H2,1-4H3,(H,48,51)/t32-,33-/m0/s1. The molecule has 0 spiro atoms. The fourth-order valence-corrected chi connectivity index (χ4v) is 7.39. The Kier molecular flexibility index (Phi) is 10.7. The number of benzene rings is 4. The molecule has 0 bridgehead atoms. The summed E-state index contributed by atoms with van der Waals surface area (Å²) in [6, 6.07) is 21.8. The first-order chi connectivity index (χ1) is 28.3. The minimum atomic E-state index is -0.248. The molecule has 13 nitrogen and oxygen atoms in total. The number of anilines is 1. The summed E-state index contributed by atoms with van der Waals surface area (Å²) < 4.78 is 28.8. The maximum absolute atomic E-state index is 13.8. The number of ether oxygens (including phenoxy) is 5. The van der Waals surface area contributed by atoms with Gasteiger partial charge in [-0.25, -0.2) is 0 Å². The van der Waals surface area contributed by atoms with Crippen molar-refractivity contribution in [2.24, 2.45) is 9.98 Å². The van der Waals surface area contributed by atoms with E-state index in [1.54, 1.807) is 47.4 Å². The molecule has 0 aliphatic carbocycles. The second-order valence-electron chi connectivity index (χ2n) is 14.1. The van der Waals surface area contributed by atoms with Crippen molar-refractivity contribution in [2.45, 2.75) is 44.7 Å². The summed E-state index contributed by atoms with van der Waals surface area (Å²) in [6.45, 7) is 2.39. The van der Waals surface area contributed by atoms with Crippen molar-refractivity contribution in [3.8, 4) is 28.7 Å². The van der Waals surface area contributed by atoms with Crippen molar-refractivity contribution >= 4 is 58.4 Å². The van der Waals surface area contributed by atoms with Crippen LogP contribution in [0.4, 0.5) is 17.1 Å². The number of hydrogen-bond donors (Lipinski definition) is 1. The number of fused-ring (bicyclic) bond motifs is 4. The van der Waals surface area contributed by atoms with Crippen LogP contribution in [0.25, 0.3) is 11.1 Å².